The number of rotatable bonds is 6. The van der Waals surface area contributed by atoms with E-state index < -0.39 is 5.97 Å². The Kier molecular flexibility index (Phi) is 8.70. The van der Waals surface area contributed by atoms with E-state index in [-0.39, 0.29) is 12.1 Å². The molecule has 0 aromatic heterocycles. The van der Waals surface area contributed by atoms with E-state index >= 15 is 0 Å². The van der Waals surface area contributed by atoms with Crippen LogP contribution in [0, 0.1) is 0 Å². The van der Waals surface area contributed by atoms with Gasteiger partial charge in [0.15, 0.2) is 0 Å². The minimum atomic E-state index is -0.418. The first-order valence-electron chi connectivity index (χ1n) is 5.92. The topological polar surface area (TPSA) is 65.1 Å². The molecule has 0 amide bonds. The Balaban J connectivity index is 0.000000361. The fraction of sp³-hybridized carbons (Fsp3) is 0.333. The summed E-state index contributed by atoms with van der Waals surface area (Å²) < 4.78 is 14.0. The lowest BCUT2D eigenvalue weighted by Crippen LogP contribution is -2.09. The van der Waals surface area contributed by atoms with Gasteiger partial charge in [0.25, 0.3) is 0 Å². The van der Waals surface area contributed by atoms with Gasteiger partial charge in [-0.2, -0.15) is 0 Å². The molecule has 0 spiro atoms. The molecule has 0 aromatic rings. The van der Waals surface area contributed by atoms with E-state index in [2.05, 4.69) is 24.5 Å². The van der Waals surface area contributed by atoms with Crippen LogP contribution in [0.1, 0.15) is 6.92 Å². The molecule has 1 aliphatic rings. The molecule has 1 saturated heterocycles. The zero-order valence-electron chi connectivity index (χ0n) is 11.9. The third-order valence-electron chi connectivity index (χ3n) is 2.03. The highest BCUT2D eigenvalue weighted by Crippen LogP contribution is 2.09. The van der Waals surface area contributed by atoms with E-state index in [1.165, 1.54) is 7.11 Å². The van der Waals surface area contributed by atoms with Crippen LogP contribution in [0.15, 0.2) is 49.1 Å². The van der Waals surface area contributed by atoms with Gasteiger partial charge in [-0.1, -0.05) is 31.9 Å². The molecule has 1 rings (SSSR count). The van der Waals surface area contributed by atoms with Gasteiger partial charge in [-0.3, -0.25) is 0 Å². The van der Waals surface area contributed by atoms with E-state index in [0.717, 1.165) is 0 Å². The van der Waals surface area contributed by atoms with Gasteiger partial charge in [0.2, 0.25) is 0 Å². The van der Waals surface area contributed by atoms with Crippen molar-refractivity contribution >= 4 is 11.9 Å². The van der Waals surface area contributed by atoms with Crippen molar-refractivity contribution in [3.8, 4) is 0 Å². The normalized spacial score (nSPS) is 15.6. The predicted octanol–water partition coefficient (Wildman–Crippen LogP) is 1.96. The van der Waals surface area contributed by atoms with Crippen LogP contribution in [-0.2, 0) is 23.8 Å². The van der Waals surface area contributed by atoms with E-state index in [1.807, 2.05) is 0 Å². The minimum Gasteiger partial charge on any atom is -0.465 e. The lowest BCUT2D eigenvalue weighted by molar-refractivity contribution is -0.139. The second kappa shape index (κ2) is 9.75. The van der Waals surface area contributed by atoms with Gasteiger partial charge >= 0.3 is 11.9 Å². The summed E-state index contributed by atoms with van der Waals surface area (Å²) in [5.74, 6) is -0.756. The maximum absolute atomic E-state index is 10.7. The molecular weight excluding hydrogens is 260 g/mol. The van der Waals surface area contributed by atoms with Gasteiger partial charge in [-0.15, -0.1) is 0 Å². The standard InChI is InChI=1S/C8H10O2.C7H10O3/c1-4-5-6-7(2)8(9)10-3;1-5(2)7(8)10-4-6-3-9-6/h4-6H,1-2H2,3H3;6H,1,3-4H2,2H3. The smallest absolute Gasteiger partial charge is 0.337 e. The second-order valence-electron chi connectivity index (χ2n) is 3.95. The van der Waals surface area contributed by atoms with Gasteiger partial charge in [-0.25, -0.2) is 9.59 Å². The molecule has 1 unspecified atom stereocenters. The van der Waals surface area contributed by atoms with E-state index in [9.17, 15) is 9.59 Å². The average Bonchev–Trinajstić information content (AvgIpc) is 3.25. The summed E-state index contributed by atoms with van der Waals surface area (Å²) in [6, 6.07) is 0. The molecule has 110 valence electrons. The zero-order valence-corrected chi connectivity index (χ0v) is 11.9. The van der Waals surface area contributed by atoms with Crippen molar-refractivity contribution in [2.24, 2.45) is 0 Å². The minimum absolute atomic E-state index is 0.142. The summed E-state index contributed by atoms with van der Waals surface area (Å²) in [5, 5.41) is 0. The number of epoxide rings is 1. The quantitative estimate of drug-likeness (QED) is 0.322. The fourth-order valence-corrected chi connectivity index (χ4v) is 0.839. The first-order chi connectivity index (χ1) is 9.42. The third-order valence-corrected chi connectivity index (χ3v) is 2.03. The number of hydrogen-bond acceptors (Lipinski definition) is 5. The number of carbonyl (C=O) groups excluding carboxylic acids is 2. The van der Waals surface area contributed by atoms with Gasteiger partial charge in [0.05, 0.1) is 19.3 Å². The molecule has 0 aliphatic carbocycles. The maximum atomic E-state index is 10.7. The Morgan fingerprint density at radius 1 is 1.35 bits per heavy atom. The predicted molar refractivity (Wildman–Crippen MR) is 76.0 cm³/mol. The van der Waals surface area contributed by atoms with Crippen molar-refractivity contribution in [2.75, 3.05) is 20.3 Å². The highest BCUT2D eigenvalue weighted by molar-refractivity contribution is 5.90. The summed E-state index contributed by atoms with van der Waals surface area (Å²) in [6.07, 6.45) is 4.87. The van der Waals surface area contributed by atoms with Gasteiger partial charge in [0, 0.05) is 5.57 Å². The molecule has 0 N–H and O–H groups in total. The van der Waals surface area contributed by atoms with Gasteiger partial charge < -0.3 is 14.2 Å². The first kappa shape index (κ1) is 17.9. The van der Waals surface area contributed by atoms with Crippen LogP contribution in [0.3, 0.4) is 0 Å². The van der Waals surface area contributed by atoms with E-state index in [1.54, 1.807) is 25.2 Å². The van der Waals surface area contributed by atoms with Crippen LogP contribution in [0.25, 0.3) is 0 Å². The molecule has 5 heteroatoms. The molecule has 1 aliphatic heterocycles. The Morgan fingerprint density at radius 2 is 1.95 bits per heavy atom. The van der Waals surface area contributed by atoms with Gasteiger partial charge in [0.1, 0.15) is 12.7 Å². The molecule has 5 nitrogen and oxygen atoms in total. The van der Waals surface area contributed by atoms with Crippen molar-refractivity contribution in [2.45, 2.75) is 13.0 Å². The summed E-state index contributed by atoms with van der Waals surface area (Å²) in [4.78, 5) is 21.3. The van der Waals surface area contributed by atoms with Crippen LogP contribution in [0.4, 0.5) is 0 Å². The molecule has 1 heterocycles. The van der Waals surface area contributed by atoms with E-state index in [4.69, 9.17) is 9.47 Å². The molecule has 1 atom stereocenters. The van der Waals surface area contributed by atoms with Gasteiger partial charge in [-0.05, 0) is 13.0 Å². The number of esters is 2. The van der Waals surface area contributed by atoms with Crippen LogP contribution in [-0.4, -0.2) is 38.4 Å². The summed E-state index contributed by atoms with van der Waals surface area (Å²) in [7, 11) is 1.31. The van der Waals surface area contributed by atoms with Crippen molar-refractivity contribution in [1.29, 1.82) is 0 Å². The average molecular weight is 280 g/mol. The van der Waals surface area contributed by atoms with Crippen molar-refractivity contribution in [3.63, 3.8) is 0 Å². The highest BCUT2D eigenvalue weighted by atomic mass is 16.6. The number of hydrogen-bond donors (Lipinski definition) is 0. The molecule has 1 fully saturated rings. The summed E-state index contributed by atoms with van der Waals surface area (Å²) in [6.45, 7) is 13.0. The van der Waals surface area contributed by atoms with Crippen LogP contribution < -0.4 is 0 Å². The molecule has 0 bridgehead atoms. The molecule has 0 aromatic carbocycles. The lowest BCUT2D eigenvalue weighted by Gasteiger charge is -1.99. The maximum Gasteiger partial charge on any atom is 0.337 e. The van der Waals surface area contributed by atoms with Crippen molar-refractivity contribution in [1.82, 2.24) is 0 Å². The fourth-order valence-electron chi connectivity index (χ4n) is 0.839. The molecule has 0 radical (unpaired) electrons. The molecule has 0 saturated carbocycles. The number of carbonyl (C=O) groups is 2. The first-order valence-corrected chi connectivity index (χ1v) is 5.92. The Hall–Kier alpha value is -2.14. The number of allylic oxidation sites excluding steroid dienone is 2. The number of ether oxygens (including phenoxy) is 3. The van der Waals surface area contributed by atoms with Crippen molar-refractivity contribution in [3.05, 3.63) is 49.1 Å². The Labute approximate surface area is 119 Å². The van der Waals surface area contributed by atoms with Crippen LogP contribution in [0.2, 0.25) is 0 Å². The Bertz CT molecular complexity index is 416. The third kappa shape index (κ3) is 8.88. The molecule has 20 heavy (non-hydrogen) atoms. The number of methoxy groups -OCH3 is 1. The monoisotopic (exact) mass is 280 g/mol. The SMILES string of the molecule is C=C(C)C(=O)OCC1CO1.C=CC=CC(=C)C(=O)OC. The summed E-state index contributed by atoms with van der Waals surface area (Å²) >= 11 is 0. The summed E-state index contributed by atoms with van der Waals surface area (Å²) in [5.41, 5.74) is 0.753. The van der Waals surface area contributed by atoms with Crippen LogP contribution >= 0.6 is 0 Å². The van der Waals surface area contributed by atoms with Crippen molar-refractivity contribution < 1.29 is 23.8 Å². The molecular formula is C15H20O5. The lowest BCUT2D eigenvalue weighted by atomic mass is 10.3. The van der Waals surface area contributed by atoms with Crippen LogP contribution in [0.5, 0.6) is 0 Å². The Morgan fingerprint density at radius 3 is 2.35 bits per heavy atom. The zero-order chi connectivity index (χ0) is 15.5. The second-order valence-corrected chi connectivity index (χ2v) is 3.95. The van der Waals surface area contributed by atoms with E-state index in [0.29, 0.717) is 24.4 Å². The highest BCUT2D eigenvalue weighted by Gasteiger charge is 2.24. The largest absolute Gasteiger partial charge is 0.465 e.